The van der Waals surface area contributed by atoms with Crippen LogP contribution in [0.5, 0.6) is 0 Å². The normalized spacial score (nSPS) is 14.0. The molecule has 0 spiro atoms. The molecule has 1 aliphatic rings. The first-order valence-corrected chi connectivity index (χ1v) is 6.42. The average molecular weight is 289 g/mol. The van der Waals surface area contributed by atoms with Gasteiger partial charge in [-0.05, 0) is 29.3 Å². The number of allylic oxidation sites excluding steroid dienone is 1. The first kappa shape index (κ1) is 13.4. The number of halogens is 2. The molecule has 0 fully saturated rings. The van der Waals surface area contributed by atoms with Gasteiger partial charge in [0.2, 0.25) is 5.95 Å². The lowest BCUT2D eigenvalue weighted by Crippen LogP contribution is -2.12. The molecule has 1 aromatic heterocycles. The zero-order valence-electron chi connectivity index (χ0n) is 11.1. The fourth-order valence-corrected chi connectivity index (χ4v) is 2.19. The van der Waals surface area contributed by atoms with Crippen LogP contribution in [0.2, 0.25) is 0 Å². The fraction of sp³-hybridized carbons (Fsp3) is 0.214. The molecule has 108 valence electrons. The summed E-state index contributed by atoms with van der Waals surface area (Å²) in [5.74, 6) is 0.370. The highest BCUT2D eigenvalue weighted by Gasteiger charge is 2.11. The molecule has 0 aliphatic carbocycles. The lowest BCUT2D eigenvalue weighted by atomic mass is 10.0. The van der Waals surface area contributed by atoms with Crippen LogP contribution in [0.3, 0.4) is 0 Å². The SMILES string of the molecule is Nc1nc(NCC(F)F)c2ccc(C3=CC=NC3)cc2n1. The van der Waals surface area contributed by atoms with E-state index >= 15 is 0 Å². The summed E-state index contributed by atoms with van der Waals surface area (Å²) < 4.78 is 24.7. The van der Waals surface area contributed by atoms with Crippen molar-refractivity contribution in [1.82, 2.24) is 9.97 Å². The average Bonchev–Trinajstić information content (AvgIpc) is 2.98. The summed E-state index contributed by atoms with van der Waals surface area (Å²) in [6.45, 7) is 0.148. The molecule has 3 N–H and O–H groups in total. The number of nitrogens with one attached hydrogen (secondary N) is 1. The summed E-state index contributed by atoms with van der Waals surface area (Å²) in [7, 11) is 0. The first-order chi connectivity index (χ1) is 10.1. The molecule has 0 radical (unpaired) electrons. The summed E-state index contributed by atoms with van der Waals surface area (Å²) in [5.41, 5.74) is 8.32. The maximum Gasteiger partial charge on any atom is 0.255 e. The molecule has 1 aliphatic heterocycles. The van der Waals surface area contributed by atoms with Crippen molar-refractivity contribution in [3.63, 3.8) is 0 Å². The second-order valence-corrected chi connectivity index (χ2v) is 4.62. The van der Waals surface area contributed by atoms with Crippen molar-refractivity contribution in [2.75, 3.05) is 24.1 Å². The Balaban J connectivity index is 2.01. The minimum Gasteiger partial charge on any atom is -0.368 e. The summed E-state index contributed by atoms with van der Waals surface area (Å²) >= 11 is 0. The molecule has 0 atom stereocenters. The highest BCUT2D eigenvalue weighted by molar-refractivity contribution is 5.95. The number of alkyl halides is 2. The van der Waals surface area contributed by atoms with Gasteiger partial charge < -0.3 is 11.1 Å². The zero-order chi connectivity index (χ0) is 14.8. The quantitative estimate of drug-likeness (QED) is 0.906. The number of hydrogen-bond acceptors (Lipinski definition) is 5. The lowest BCUT2D eigenvalue weighted by Gasteiger charge is -2.10. The summed E-state index contributed by atoms with van der Waals surface area (Å²) in [4.78, 5) is 12.3. The van der Waals surface area contributed by atoms with Crippen LogP contribution in [-0.4, -0.2) is 35.7 Å². The topological polar surface area (TPSA) is 76.2 Å². The monoisotopic (exact) mass is 289 g/mol. The van der Waals surface area contributed by atoms with E-state index in [0.29, 0.717) is 23.3 Å². The standard InChI is InChI=1S/C14H13F2N5/c15-12(16)7-19-13-10-2-1-8(9-3-4-18-6-9)5-11(10)20-14(17)21-13/h1-5,12H,6-7H2,(H3,17,19,20,21). The van der Waals surface area contributed by atoms with Gasteiger partial charge in [0.05, 0.1) is 18.6 Å². The molecule has 2 heterocycles. The Kier molecular flexibility index (Phi) is 3.47. The smallest absolute Gasteiger partial charge is 0.255 e. The number of rotatable bonds is 4. The van der Waals surface area contributed by atoms with E-state index in [9.17, 15) is 8.78 Å². The molecule has 0 amide bonds. The van der Waals surface area contributed by atoms with Gasteiger partial charge in [-0.25, -0.2) is 13.8 Å². The van der Waals surface area contributed by atoms with Gasteiger partial charge in [-0.3, -0.25) is 4.99 Å². The van der Waals surface area contributed by atoms with Crippen molar-refractivity contribution < 1.29 is 8.78 Å². The number of nitrogens with zero attached hydrogens (tertiary/aromatic N) is 3. The molecule has 5 nitrogen and oxygen atoms in total. The molecule has 21 heavy (non-hydrogen) atoms. The van der Waals surface area contributed by atoms with Gasteiger partial charge in [-0.2, -0.15) is 4.98 Å². The number of fused-ring (bicyclic) bond motifs is 1. The van der Waals surface area contributed by atoms with Crippen molar-refractivity contribution in [2.24, 2.45) is 4.99 Å². The van der Waals surface area contributed by atoms with Crippen LogP contribution in [0, 0.1) is 0 Å². The molecule has 0 unspecified atom stereocenters. The van der Waals surface area contributed by atoms with E-state index in [-0.39, 0.29) is 5.95 Å². The number of benzene rings is 1. The number of hydrogen-bond donors (Lipinski definition) is 2. The maximum absolute atomic E-state index is 12.3. The van der Waals surface area contributed by atoms with E-state index < -0.39 is 13.0 Å². The van der Waals surface area contributed by atoms with Gasteiger partial charge in [-0.15, -0.1) is 0 Å². The van der Waals surface area contributed by atoms with Crippen LogP contribution in [0.15, 0.2) is 29.3 Å². The number of nitrogen functional groups attached to an aromatic ring is 1. The second-order valence-electron chi connectivity index (χ2n) is 4.62. The molecule has 0 saturated heterocycles. The highest BCUT2D eigenvalue weighted by Crippen LogP contribution is 2.26. The van der Waals surface area contributed by atoms with Crippen molar-refractivity contribution in [2.45, 2.75) is 6.43 Å². The second kappa shape index (κ2) is 5.43. The Morgan fingerprint density at radius 2 is 2.14 bits per heavy atom. The van der Waals surface area contributed by atoms with Crippen LogP contribution < -0.4 is 11.1 Å². The van der Waals surface area contributed by atoms with Gasteiger partial charge in [-0.1, -0.05) is 6.07 Å². The molecule has 2 aromatic rings. The van der Waals surface area contributed by atoms with E-state index in [0.717, 1.165) is 11.1 Å². The van der Waals surface area contributed by atoms with Gasteiger partial charge in [0.1, 0.15) is 5.82 Å². The molecule has 0 bridgehead atoms. The molecule has 1 aromatic carbocycles. The third-order valence-corrected chi connectivity index (χ3v) is 3.15. The predicted molar refractivity (Wildman–Crippen MR) is 79.8 cm³/mol. The fourth-order valence-electron chi connectivity index (χ4n) is 2.19. The zero-order valence-corrected chi connectivity index (χ0v) is 11.1. The Morgan fingerprint density at radius 3 is 2.86 bits per heavy atom. The first-order valence-electron chi connectivity index (χ1n) is 6.42. The van der Waals surface area contributed by atoms with E-state index in [4.69, 9.17) is 5.73 Å². The predicted octanol–water partition coefficient (Wildman–Crippen LogP) is 2.36. The number of nitrogens with two attached hydrogens (primary N) is 1. The highest BCUT2D eigenvalue weighted by atomic mass is 19.3. The van der Waals surface area contributed by atoms with Crippen LogP contribution in [0.25, 0.3) is 16.5 Å². The van der Waals surface area contributed by atoms with Crippen LogP contribution in [-0.2, 0) is 0 Å². The number of aliphatic imine (C=N–C) groups is 1. The largest absolute Gasteiger partial charge is 0.368 e. The number of aromatic nitrogens is 2. The Bertz CT molecular complexity index is 739. The minimum absolute atomic E-state index is 0.0491. The Hall–Kier alpha value is -2.57. The summed E-state index contributed by atoms with van der Waals surface area (Å²) in [6.07, 6.45) is 1.22. The number of anilines is 2. The summed E-state index contributed by atoms with van der Waals surface area (Å²) in [5, 5.41) is 3.26. The molecule has 0 saturated carbocycles. The molecular formula is C14H13F2N5. The minimum atomic E-state index is -2.46. The van der Waals surface area contributed by atoms with Gasteiger partial charge in [0.15, 0.2) is 0 Å². The van der Waals surface area contributed by atoms with Crippen molar-refractivity contribution >= 4 is 34.5 Å². The van der Waals surface area contributed by atoms with Crippen molar-refractivity contribution in [3.8, 4) is 0 Å². The Labute approximate surface area is 119 Å². The van der Waals surface area contributed by atoms with Crippen LogP contribution in [0.4, 0.5) is 20.5 Å². The Morgan fingerprint density at radius 1 is 1.29 bits per heavy atom. The van der Waals surface area contributed by atoms with Gasteiger partial charge in [0, 0.05) is 11.6 Å². The lowest BCUT2D eigenvalue weighted by molar-refractivity contribution is 0.163. The molecule has 7 heteroatoms. The van der Waals surface area contributed by atoms with Crippen LogP contribution >= 0.6 is 0 Å². The summed E-state index contributed by atoms with van der Waals surface area (Å²) in [6, 6.07) is 5.56. The van der Waals surface area contributed by atoms with Crippen molar-refractivity contribution in [3.05, 3.63) is 29.8 Å². The molecule has 3 rings (SSSR count). The maximum atomic E-state index is 12.3. The van der Waals surface area contributed by atoms with Gasteiger partial charge in [0.25, 0.3) is 6.43 Å². The third kappa shape index (κ3) is 2.81. The van der Waals surface area contributed by atoms with E-state index in [2.05, 4.69) is 20.3 Å². The van der Waals surface area contributed by atoms with Crippen molar-refractivity contribution in [1.29, 1.82) is 0 Å². The van der Waals surface area contributed by atoms with Crippen LogP contribution in [0.1, 0.15) is 5.56 Å². The molecular weight excluding hydrogens is 276 g/mol. The van der Waals surface area contributed by atoms with E-state index in [1.807, 2.05) is 18.2 Å². The third-order valence-electron chi connectivity index (χ3n) is 3.15. The van der Waals surface area contributed by atoms with E-state index in [1.165, 1.54) is 0 Å². The van der Waals surface area contributed by atoms with E-state index in [1.54, 1.807) is 12.3 Å². The van der Waals surface area contributed by atoms with Gasteiger partial charge >= 0.3 is 0 Å².